The quantitative estimate of drug-likeness (QED) is 0.802. The minimum atomic E-state index is -0.0702. The van der Waals surface area contributed by atoms with Crippen LogP contribution in [0.15, 0.2) is 16.6 Å². The summed E-state index contributed by atoms with van der Waals surface area (Å²) in [7, 11) is 3.12. The minimum absolute atomic E-state index is 0.0627. The second-order valence-electron chi connectivity index (χ2n) is 4.09. The van der Waals surface area contributed by atoms with Gasteiger partial charge in [0.2, 0.25) is 0 Å². The highest BCUT2D eigenvalue weighted by Crippen LogP contribution is 2.38. The van der Waals surface area contributed by atoms with Gasteiger partial charge >= 0.3 is 0 Å². The standard InChI is InChI=1S/C13H15BrO4/c1-16-10-4-3-9(13(17-2)11(10)14)12(15)8-5-6-18-7-8/h3-4,8H,5-7H2,1-2H3. The van der Waals surface area contributed by atoms with Crippen LogP contribution in [0.1, 0.15) is 16.8 Å². The molecule has 1 heterocycles. The molecule has 1 aliphatic rings. The van der Waals surface area contributed by atoms with Crippen molar-refractivity contribution in [1.29, 1.82) is 0 Å². The fraction of sp³-hybridized carbons (Fsp3) is 0.462. The van der Waals surface area contributed by atoms with Gasteiger partial charge < -0.3 is 14.2 Å². The van der Waals surface area contributed by atoms with Crippen molar-refractivity contribution in [3.05, 3.63) is 22.2 Å². The number of ether oxygens (including phenoxy) is 3. The molecule has 0 aliphatic carbocycles. The van der Waals surface area contributed by atoms with Gasteiger partial charge in [-0.3, -0.25) is 4.79 Å². The summed E-state index contributed by atoms with van der Waals surface area (Å²) in [6.07, 6.45) is 0.769. The molecule has 0 amide bonds. The molecule has 0 aromatic heterocycles. The van der Waals surface area contributed by atoms with Crippen LogP contribution in [0.2, 0.25) is 0 Å². The zero-order valence-corrected chi connectivity index (χ0v) is 12.0. The van der Waals surface area contributed by atoms with E-state index in [9.17, 15) is 4.79 Å². The van der Waals surface area contributed by atoms with E-state index in [0.717, 1.165) is 6.42 Å². The largest absolute Gasteiger partial charge is 0.495 e. The Morgan fingerprint density at radius 1 is 1.39 bits per heavy atom. The summed E-state index contributed by atoms with van der Waals surface area (Å²) >= 11 is 3.40. The fourth-order valence-electron chi connectivity index (χ4n) is 2.05. The lowest BCUT2D eigenvalue weighted by Crippen LogP contribution is -2.15. The SMILES string of the molecule is COc1ccc(C(=O)C2CCOC2)c(OC)c1Br. The topological polar surface area (TPSA) is 44.8 Å². The predicted octanol–water partition coefficient (Wildman–Crippen LogP) is 2.69. The molecular formula is C13H15BrO4. The third-order valence-corrected chi connectivity index (χ3v) is 3.80. The summed E-state index contributed by atoms with van der Waals surface area (Å²) in [5.41, 5.74) is 0.570. The molecule has 4 nitrogen and oxygen atoms in total. The number of hydrogen-bond acceptors (Lipinski definition) is 4. The van der Waals surface area contributed by atoms with Crippen LogP contribution in [0.5, 0.6) is 11.5 Å². The number of carbonyl (C=O) groups excluding carboxylic acids is 1. The molecule has 1 atom stereocenters. The summed E-state index contributed by atoms with van der Waals surface area (Å²) < 4.78 is 16.4. The molecule has 1 aliphatic heterocycles. The Morgan fingerprint density at radius 3 is 2.72 bits per heavy atom. The van der Waals surface area contributed by atoms with Crippen molar-refractivity contribution in [3.8, 4) is 11.5 Å². The average Bonchev–Trinajstić information content (AvgIpc) is 2.91. The van der Waals surface area contributed by atoms with Gasteiger partial charge in [-0.25, -0.2) is 0 Å². The van der Waals surface area contributed by atoms with Crippen molar-refractivity contribution < 1.29 is 19.0 Å². The lowest BCUT2D eigenvalue weighted by molar-refractivity contribution is 0.0897. The van der Waals surface area contributed by atoms with Gasteiger partial charge in [0.1, 0.15) is 16.0 Å². The Morgan fingerprint density at radius 2 is 2.17 bits per heavy atom. The Labute approximate surface area is 114 Å². The van der Waals surface area contributed by atoms with Crippen LogP contribution in [-0.2, 0) is 4.74 Å². The maximum atomic E-state index is 12.4. The molecule has 18 heavy (non-hydrogen) atoms. The van der Waals surface area contributed by atoms with E-state index in [1.165, 1.54) is 0 Å². The third-order valence-electron chi connectivity index (χ3n) is 3.05. The fourth-order valence-corrected chi connectivity index (χ4v) is 2.72. The van der Waals surface area contributed by atoms with Gasteiger partial charge in [0, 0.05) is 12.5 Å². The maximum Gasteiger partial charge on any atom is 0.172 e. The summed E-state index contributed by atoms with van der Waals surface area (Å²) in [6, 6.07) is 3.50. The molecule has 1 fully saturated rings. The van der Waals surface area contributed by atoms with E-state index >= 15 is 0 Å². The summed E-state index contributed by atoms with van der Waals surface area (Å²) in [5.74, 6) is 1.16. The molecule has 5 heteroatoms. The highest BCUT2D eigenvalue weighted by Gasteiger charge is 2.28. The zero-order valence-electron chi connectivity index (χ0n) is 10.4. The Bertz CT molecular complexity index is 453. The molecule has 0 spiro atoms. The van der Waals surface area contributed by atoms with E-state index in [2.05, 4.69) is 15.9 Å². The molecule has 98 valence electrons. The van der Waals surface area contributed by atoms with Crippen LogP contribution in [0.4, 0.5) is 0 Å². The highest BCUT2D eigenvalue weighted by molar-refractivity contribution is 9.10. The van der Waals surface area contributed by atoms with Gasteiger partial charge in [-0.05, 0) is 34.5 Å². The van der Waals surface area contributed by atoms with Crippen LogP contribution in [0, 0.1) is 5.92 Å². The summed E-state index contributed by atoms with van der Waals surface area (Å²) in [4.78, 5) is 12.4. The molecule has 1 aromatic carbocycles. The monoisotopic (exact) mass is 314 g/mol. The average molecular weight is 315 g/mol. The van der Waals surface area contributed by atoms with Crippen molar-refractivity contribution >= 4 is 21.7 Å². The maximum absolute atomic E-state index is 12.4. The van der Waals surface area contributed by atoms with E-state index in [-0.39, 0.29) is 11.7 Å². The first-order chi connectivity index (χ1) is 8.69. The van der Waals surface area contributed by atoms with Crippen molar-refractivity contribution in [2.45, 2.75) is 6.42 Å². The second kappa shape index (κ2) is 5.71. The number of hydrogen-bond donors (Lipinski definition) is 0. The first-order valence-electron chi connectivity index (χ1n) is 5.71. The van der Waals surface area contributed by atoms with Crippen LogP contribution in [0.3, 0.4) is 0 Å². The molecule has 1 saturated heterocycles. The Kier molecular flexibility index (Phi) is 4.24. The number of ketones is 1. The van der Waals surface area contributed by atoms with Gasteiger partial charge in [0.25, 0.3) is 0 Å². The molecule has 0 N–H and O–H groups in total. The number of carbonyl (C=O) groups is 1. The lowest BCUT2D eigenvalue weighted by atomic mass is 9.96. The summed E-state index contributed by atoms with van der Waals surface area (Å²) in [6.45, 7) is 1.14. The van der Waals surface area contributed by atoms with Crippen molar-refractivity contribution in [1.82, 2.24) is 0 Å². The first kappa shape index (κ1) is 13.4. The Balaban J connectivity index is 2.37. The summed E-state index contributed by atoms with van der Waals surface area (Å²) in [5, 5.41) is 0. The van der Waals surface area contributed by atoms with Crippen LogP contribution >= 0.6 is 15.9 Å². The molecule has 1 unspecified atom stereocenters. The molecule has 0 saturated carbocycles. The Hall–Kier alpha value is -1.07. The van der Waals surface area contributed by atoms with E-state index in [0.29, 0.717) is 34.7 Å². The lowest BCUT2D eigenvalue weighted by Gasteiger charge is -2.14. The molecule has 0 radical (unpaired) electrons. The van der Waals surface area contributed by atoms with Gasteiger partial charge in [0.05, 0.1) is 26.4 Å². The van der Waals surface area contributed by atoms with Gasteiger partial charge in [-0.1, -0.05) is 0 Å². The van der Waals surface area contributed by atoms with E-state index < -0.39 is 0 Å². The van der Waals surface area contributed by atoms with Gasteiger partial charge in [0.15, 0.2) is 5.78 Å². The zero-order chi connectivity index (χ0) is 13.1. The van der Waals surface area contributed by atoms with E-state index in [1.54, 1.807) is 26.4 Å². The first-order valence-corrected chi connectivity index (χ1v) is 6.50. The van der Waals surface area contributed by atoms with Crippen LogP contribution in [0.25, 0.3) is 0 Å². The van der Waals surface area contributed by atoms with E-state index in [1.807, 2.05) is 0 Å². The van der Waals surface area contributed by atoms with Crippen molar-refractivity contribution in [2.75, 3.05) is 27.4 Å². The number of halogens is 1. The van der Waals surface area contributed by atoms with Crippen molar-refractivity contribution in [3.63, 3.8) is 0 Å². The number of benzene rings is 1. The second-order valence-corrected chi connectivity index (χ2v) is 4.88. The molecular weight excluding hydrogens is 300 g/mol. The predicted molar refractivity (Wildman–Crippen MR) is 70.5 cm³/mol. The minimum Gasteiger partial charge on any atom is -0.495 e. The molecule has 1 aromatic rings. The normalized spacial score (nSPS) is 18.7. The number of methoxy groups -OCH3 is 2. The smallest absolute Gasteiger partial charge is 0.172 e. The van der Waals surface area contributed by atoms with Crippen LogP contribution < -0.4 is 9.47 Å². The van der Waals surface area contributed by atoms with E-state index in [4.69, 9.17) is 14.2 Å². The third kappa shape index (κ3) is 2.37. The van der Waals surface area contributed by atoms with Gasteiger partial charge in [-0.15, -0.1) is 0 Å². The molecule has 0 bridgehead atoms. The van der Waals surface area contributed by atoms with Crippen molar-refractivity contribution in [2.24, 2.45) is 5.92 Å². The van der Waals surface area contributed by atoms with Gasteiger partial charge in [-0.2, -0.15) is 0 Å². The number of rotatable bonds is 4. The molecule has 2 rings (SSSR count). The highest BCUT2D eigenvalue weighted by atomic mass is 79.9. The van der Waals surface area contributed by atoms with Crippen LogP contribution in [-0.4, -0.2) is 33.2 Å². The number of Topliss-reactive ketones (excluding diaryl/α,β-unsaturated/α-hetero) is 1.